The Morgan fingerprint density at radius 3 is 2.36 bits per heavy atom. The molecule has 0 fully saturated rings. The molecule has 0 bridgehead atoms. The maximum Gasteiger partial charge on any atom is 0.00509 e. The highest BCUT2D eigenvalue weighted by molar-refractivity contribution is 5.24. The molecule has 11 heavy (non-hydrogen) atoms. The van der Waals surface area contributed by atoms with Gasteiger partial charge in [0.05, 0.1) is 0 Å². The molecule has 1 rings (SSSR count). The number of nitrogens with two attached hydrogens (primary N) is 1. The fourth-order valence-corrected chi connectivity index (χ4v) is 1.05. The molecule has 1 aromatic rings. The first-order valence-corrected chi connectivity index (χ1v) is 3.85. The Kier molecular flexibility index (Phi) is 2.66. The quantitative estimate of drug-likeness (QED) is 0.679. The van der Waals surface area contributed by atoms with Gasteiger partial charge in [-0.3, -0.25) is 0 Å². The Labute approximate surface area is 68.2 Å². The molecular formula is C10H14N. The summed E-state index contributed by atoms with van der Waals surface area (Å²) < 4.78 is 0. The van der Waals surface area contributed by atoms with Crippen LogP contribution in [-0.2, 0) is 6.42 Å². The van der Waals surface area contributed by atoms with E-state index in [0.29, 0.717) is 0 Å². The summed E-state index contributed by atoms with van der Waals surface area (Å²) in [6, 6.07) is 8.41. The van der Waals surface area contributed by atoms with E-state index in [1.54, 1.807) is 0 Å². The lowest BCUT2D eigenvalue weighted by Crippen LogP contribution is -2.17. The van der Waals surface area contributed by atoms with Crippen molar-refractivity contribution in [2.24, 2.45) is 5.73 Å². The maximum absolute atomic E-state index is 5.65. The molecule has 59 valence electrons. The molecule has 1 radical (unpaired) electrons. The Bertz CT molecular complexity index is 211. The lowest BCUT2D eigenvalue weighted by Gasteiger charge is -2.04. The van der Waals surface area contributed by atoms with E-state index in [1.165, 1.54) is 5.56 Å². The van der Waals surface area contributed by atoms with Crippen molar-refractivity contribution in [3.05, 3.63) is 42.3 Å². The molecule has 2 N–H and O–H groups in total. The van der Waals surface area contributed by atoms with E-state index in [4.69, 9.17) is 5.73 Å². The minimum Gasteiger partial charge on any atom is -0.328 e. The van der Waals surface area contributed by atoms with Crippen LogP contribution in [0.1, 0.15) is 18.1 Å². The molecular weight excluding hydrogens is 134 g/mol. The van der Waals surface area contributed by atoms with Gasteiger partial charge in [0, 0.05) is 6.04 Å². The van der Waals surface area contributed by atoms with E-state index < -0.39 is 0 Å². The maximum atomic E-state index is 5.65. The second-order valence-electron chi connectivity index (χ2n) is 3.00. The highest BCUT2D eigenvalue weighted by Crippen LogP contribution is 2.04. The summed E-state index contributed by atoms with van der Waals surface area (Å²) in [6.07, 6.45) is 0.945. The van der Waals surface area contributed by atoms with Crippen LogP contribution >= 0.6 is 0 Å². The molecule has 0 aliphatic heterocycles. The van der Waals surface area contributed by atoms with E-state index in [0.717, 1.165) is 12.0 Å². The summed E-state index contributed by atoms with van der Waals surface area (Å²) in [7, 11) is 0. The highest BCUT2D eigenvalue weighted by atomic mass is 14.6. The molecule has 1 nitrogen and oxygen atoms in total. The van der Waals surface area contributed by atoms with Gasteiger partial charge in [-0.1, -0.05) is 24.3 Å². The van der Waals surface area contributed by atoms with Crippen molar-refractivity contribution in [2.75, 3.05) is 0 Å². The van der Waals surface area contributed by atoms with Gasteiger partial charge in [-0.2, -0.15) is 0 Å². The summed E-state index contributed by atoms with van der Waals surface area (Å²) in [5.41, 5.74) is 7.99. The van der Waals surface area contributed by atoms with Crippen molar-refractivity contribution >= 4 is 0 Å². The molecule has 0 amide bonds. The molecule has 0 unspecified atom stereocenters. The van der Waals surface area contributed by atoms with Crippen LogP contribution < -0.4 is 5.73 Å². The first-order valence-electron chi connectivity index (χ1n) is 3.85. The van der Waals surface area contributed by atoms with Gasteiger partial charge < -0.3 is 5.73 Å². The molecule has 1 aromatic carbocycles. The summed E-state index contributed by atoms with van der Waals surface area (Å²) in [5.74, 6) is 0. The Balaban J connectivity index is 2.66. The molecule has 0 saturated heterocycles. The van der Waals surface area contributed by atoms with Crippen molar-refractivity contribution < 1.29 is 0 Å². The van der Waals surface area contributed by atoms with Crippen LogP contribution in [0, 0.1) is 6.92 Å². The van der Waals surface area contributed by atoms with Gasteiger partial charge in [-0.05, 0) is 31.4 Å². The number of benzene rings is 1. The fraction of sp³-hybridized carbons (Fsp3) is 0.300. The zero-order valence-electron chi connectivity index (χ0n) is 6.88. The van der Waals surface area contributed by atoms with Crippen molar-refractivity contribution in [3.63, 3.8) is 0 Å². The number of hydrogen-bond acceptors (Lipinski definition) is 1. The molecule has 0 aromatic heterocycles. The Morgan fingerprint density at radius 1 is 1.36 bits per heavy atom. The van der Waals surface area contributed by atoms with Crippen LogP contribution in [0.2, 0.25) is 0 Å². The number of rotatable bonds is 2. The average Bonchev–Trinajstić information content (AvgIpc) is 1.93. The fourth-order valence-electron chi connectivity index (χ4n) is 1.05. The lowest BCUT2D eigenvalue weighted by atomic mass is 10.1. The van der Waals surface area contributed by atoms with Crippen LogP contribution in [-0.4, -0.2) is 6.04 Å². The second-order valence-corrected chi connectivity index (χ2v) is 3.00. The zero-order valence-corrected chi connectivity index (χ0v) is 6.88. The Morgan fingerprint density at radius 2 is 1.91 bits per heavy atom. The topological polar surface area (TPSA) is 26.0 Å². The predicted octanol–water partition coefficient (Wildman–Crippen LogP) is 1.76. The second kappa shape index (κ2) is 3.54. The summed E-state index contributed by atoms with van der Waals surface area (Å²) in [6.45, 7) is 5.82. The first-order chi connectivity index (χ1) is 5.18. The van der Waals surface area contributed by atoms with Gasteiger partial charge in [-0.25, -0.2) is 0 Å². The van der Waals surface area contributed by atoms with Crippen molar-refractivity contribution in [1.29, 1.82) is 0 Å². The van der Waals surface area contributed by atoms with Crippen LogP contribution in [0.15, 0.2) is 24.3 Å². The van der Waals surface area contributed by atoms with Gasteiger partial charge in [0.2, 0.25) is 0 Å². The average molecular weight is 148 g/mol. The smallest absolute Gasteiger partial charge is 0.00509 e. The van der Waals surface area contributed by atoms with Crippen molar-refractivity contribution in [2.45, 2.75) is 19.4 Å². The summed E-state index contributed by atoms with van der Waals surface area (Å²) in [5, 5.41) is 0. The molecule has 0 aliphatic carbocycles. The van der Waals surface area contributed by atoms with E-state index in [2.05, 4.69) is 19.1 Å². The third-order valence-corrected chi connectivity index (χ3v) is 1.58. The zero-order chi connectivity index (χ0) is 8.27. The third kappa shape index (κ3) is 2.72. The van der Waals surface area contributed by atoms with Crippen molar-refractivity contribution in [3.8, 4) is 0 Å². The summed E-state index contributed by atoms with van der Waals surface area (Å²) in [4.78, 5) is 0. The molecule has 0 heterocycles. The Hall–Kier alpha value is -0.820. The first kappa shape index (κ1) is 8.28. The van der Waals surface area contributed by atoms with Gasteiger partial charge in [0.15, 0.2) is 0 Å². The predicted molar refractivity (Wildman–Crippen MR) is 48.3 cm³/mol. The van der Waals surface area contributed by atoms with E-state index in [1.807, 2.05) is 19.1 Å². The third-order valence-electron chi connectivity index (χ3n) is 1.58. The van der Waals surface area contributed by atoms with E-state index in [9.17, 15) is 0 Å². The molecule has 0 saturated carbocycles. The normalized spacial score (nSPS) is 13.0. The molecule has 0 aliphatic rings. The summed E-state index contributed by atoms with van der Waals surface area (Å²) >= 11 is 0. The minimum absolute atomic E-state index is 0.241. The standard InChI is InChI=1S/C10H14N/c1-8-3-5-10(6-4-8)7-9(2)11/h3-6,9H,1,7,11H2,2H3/t9-/m1/s1. The van der Waals surface area contributed by atoms with Crippen LogP contribution in [0.3, 0.4) is 0 Å². The largest absolute Gasteiger partial charge is 0.328 e. The van der Waals surface area contributed by atoms with Crippen LogP contribution in [0.5, 0.6) is 0 Å². The van der Waals surface area contributed by atoms with E-state index >= 15 is 0 Å². The van der Waals surface area contributed by atoms with Gasteiger partial charge in [0.1, 0.15) is 0 Å². The number of hydrogen-bond donors (Lipinski definition) is 1. The van der Waals surface area contributed by atoms with Gasteiger partial charge >= 0.3 is 0 Å². The van der Waals surface area contributed by atoms with Crippen molar-refractivity contribution in [1.82, 2.24) is 0 Å². The van der Waals surface area contributed by atoms with E-state index in [-0.39, 0.29) is 6.04 Å². The molecule has 1 heteroatoms. The van der Waals surface area contributed by atoms with Crippen LogP contribution in [0.25, 0.3) is 0 Å². The van der Waals surface area contributed by atoms with Crippen LogP contribution in [0.4, 0.5) is 0 Å². The minimum atomic E-state index is 0.241. The monoisotopic (exact) mass is 148 g/mol. The molecule has 1 atom stereocenters. The lowest BCUT2D eigenvalue weighted by molar-refractivity contribution is 0.738. The van der Waals surface area contributed by atoms with Gasteiger partial charge in [0.25, 0.3) is 0 Å². The highest BCUT2D eigenvalue weighted by Gasteiger charge is 1.95. The molecule has 0 spiro atoms. The SMILES string of the molecule is [CH2]c1ccc(C[C@@H](C)N)cc1. The van der Waals surface area contributed by atoms with Gasteiger partial charge in [-0.15, -0.1) is 0 Å².